The van der Waals surface area contributed by atoms with Gasteiger partial charge in [-0.1, -0.05) is 58.0 Å². The second-order valence-electron chi connectivity index (χ2n) is 5.33. The van der Waals surface area contributed by atoms with Crippen molar-refractivity contribution < 1.29 is 4.74 Å². The molecule has 0 saturated heterocycles. The Morgan fingerprint density at radius 2 is 1.76 bits per heavy atom. The van der Waals surface area contributed by atoms with Gasteiger partial charge >= 0.3 is 0 Å². The van der Waals surface area contributed by atoms with Crippen LogP contribution in [0.4, 0.5) is 0 Å². The lowest BCUT2D eigenvalue weighted by Crippen LogP contribution is -2.34. The molecule has 17 heavy (non-hydrogen) atoms. The van der Waals surface area contributed by atoms with Gasteiger partial charge in [-0.25, -0.2) is 0 Å². The first kappa shape index (κ1) is 16.0. The first-order chi connectivity index (χ1) is 8.29. The Hall–Kier alpha value is 0.920. The maximum atomic E-state index is 5.75. The van der Waals surface area contributed by atoms with E-state index >= 15 is 0 Å². The summed E-state index contributed by atoms with van der Waals surface area (Å²) in [5.41, 5.74) is 0.419. The van der Waals surface area contributed by atoms with Crippen LogP contribution in [0.5, 0.6) is 0 Å². The summed E-state index contributed by atoms with van der Waals surface area (Å²) in [6.45, 7) is 4.07. The Balaban J connectivity index is 2.35. The van der Waals surface area contributed by atoms with E-state index in [2.05, 4.69) is 38.8 Å². The van der Waals surface area contributed by atoms with Crippen molar-refractivity contribution in [2.45, 2.75) is 51.9 Å². The first-order valence-electron chi connectivity index (χ1n) is 6.98. The molecule has 0 atom stereocenters. The molecule has 1 fully saturated rings. The largest absolute Gasteiger partial charge is 0.381 e. The molecule has 3 heteroatoms. The van der Waals surface area contributed by atoms with Gasteiger partial charge in [0.1, 0.15) is 0 Å². The van der Waals surface area contributed by atoms with Crippen LogP contribution in [0.1, 0.15) is 51.9 Å². The van der Waals surface area contributed by atoms with E-state index in [0.29, 0.717) is 5.41 Å². The third-order valence-electron chi connectivity index (χ3n) is 4.14. The second kappa shape index (κ2) is 8.92. The number of rotatable bonds is 9. The van der Waals surface area contributed by atoms with E-state index in [-0.39, 0.29) is 0 Å². The molecule has 1 saturated carbocycles. The normalized spacial score (nSPS) is 17.8. The number of unbranched alkanes of at least 4 members (excludes halogenated alkanes) is 1. The summed E-state index contributed by atoms with van der Waals surface area (Å²) < 4.78 is 5.75. The lowest BCUT2D eigenvalue weighted by atomic mass is 9.75. The van der Waals surface area contributed by atoms with E-state index in [0.717, 1.165) is 29.8 Å². The molecule has 0 aliphatic heterocycles. The van der Waals surface area contributed by atoms with Crippen molar-refractivity contribution in [2.24, 2.45) is 11.3 Å². The molecule has 0 radical (unpaired) electrons. The zero-order valence-corrected chi connectivity index (χ0v) is 14.2. The predicted molar refractivity (Wildman–Crippen MR) is 82.3 cm³/mol. The smallest absolute Gasteiger partial charge is 0.0472 e. The standard InChI is InChI=1S/C14H26Br2O/c1-2-3-9-17-10-8-14(11-15,12-16)13-6-4-5-7-13/h13H,2-12H2,1H3. The fourth-order valence-electron chi connectivity index (χ4n) is 2.75. The van der Waals surface area contributed by atoms with E-state index in [4.69, 9.17) is 4.74 Å². The van der Waals surface area contributed by atoms with Crippen LogP contribution < -0.4 is 0 Å². The van der Waals surface area contributed by atoms with Gasteiger partial charge in [-0.15, -0.1) is 0 Å². The number of hydrogen-bond acceptors (Lipinski definition) is 1. The molecule has 0 unspecified atom stereocenters. The summed E-state index contributed by atoms with van der Waals surface area (Å²) >= 11 is 7.48. The summed E-state index contributed by atoms with van der Waals surface area (Å²) in [5, 5.41) is 2.21. The fraction of sp³-hybridized carbons (Fsp3) is 1.00. The summed E-state index contributed by atoms with van der Waals surface area (Å²) in [6, 6.07) is 0. The third kappa shape index (κ3) is 4.83. The minimum atomic E-state index is 0.419. The Bertz CT molecular complexity index is 187. The van der Waals surface area contributed by atoms with Crippen LogP contribution in [-0.2, 0) is 4.74 Å². The summed E-state index contributed by atoms with van der Waals surface area (Å²) in [6.07, 6.45) is 9.27. The number of halogens is 2. The molecule has 102 valence electrons. The van der Waals surface area contributed by atoms with Gasteiger partial charge in [-0.05, 0) is 37.0 Å². The SMILES string of the molecule is CCCCOCCC(CBr)(CBr)C1CCCC1. The highest BCUT2D eigenvalue weighted by Gasteiger charge is 2.38. The highest BCUT2D eigenvalue weighted by molar-refractivity contribution is 9.09. The molecule has 0 heterocycles. The molecule has 1 nitrogen and oxygen atoms in total. The van der Waals surface area contributed by atoms with Crippen LogP contribution >= 0.6 is 31.9 Å². The van der Waals surface area contributed by atoms with Crippen molar-refractivity contribution in [3.8, 4) is 0 Å². The van der Waals surface area contributed by atoms with Gasteiger partial charge in [0.25, 0.3) is 0 Å². The number of alkyl halides is 2. The molecule has 0 aromatic heterocycles. The molecule has 1 aliphatic carbocycles. The van der Waals surface area contributed by atoms with Crippen molar-refractivity contribution in [1.29, 1.82) is 0 Å². The molecule has 0 amide bonds. The van der Waals surface area contributed by atoms with Gasteiger partial charge in [0.15, 0.2) is 0 Å². The molecular weight excluding hydrogens is 344 g/mol. The van der Waals surface area contributed by atoms with Gasteiger partial charge in [0, 0.05) is 23.9 Å². The topological polar surface area (TPSA) is 9.23 Å². The first-order valence-corrected chi connectivity index (χ1v) is 9.23. The molecule has 0 N–H and O–H groups in total. The lowest BCUT2D eigenvalue weighted by Gasteiger charge is -2.36. The minimum absolute atomic E-state index is 0.419. The Morgan fingerprint density at radius 1 is 1.12 bits per heavy atom. The molecule has 0 spiro atoms. The Labute approximate surface area is 123 Å². The highest BCUT2D eigenvalue weighted by atomic mass is 79.9. The van der Waals surface area contributed by atoms with E-state index in [9.17, 15) is 0 Å². The molecule has 0 bridgehead atoms. The molecule has 1 rings (SSSR count). The Morgan fingerprint density at radius 3 is 2.29 bits per heavy atom. The quantitative estimate of drug-likeness (QED) is 0.403. The predicted octanol–water partition coefficient (Wildman–Crippen LogP) is 5.16. The van der Waals surface area contributed by atoms with Crippen molar-refractivity contribution in [3.63, 3.8) is 0 Å². The zero-order valence-electron chi connectivity index (χ0n) is 11.0. The van der Waals surface area contributed by atoms with Crippen molar-refractivity contribution in [1.82, 2.24) is 0 Å². The molecule has 0 aromatic rings. The van der Waals surface area contributed by atoms with E-state index < -0.39 is 0 Å². The highest BCUT2D eigenvalue weighted by Crippen LogP contribution is 2.44. The van der Waals surface area contributed by atoms with Gasteiger partial charge in [0.05, 0.1) is 0 Å². The second-order valence-corrected chi connectivity index (χ2v) is 6.45. The summed E-state index contributed by atoms with van der Waals surface area (Å²) in [5.74, 6) is 0.885. The average molecular weight is 370 g/mol. The van der Waals surface area contributed by atoms with E-state index in [1.807, 2.05) is 0 Å². The monoisotopic (exact) mass is 368 g/mol. The van der Waals surface area contributed by atoms with Crippen LogP contribution in [0.15, 0.2) is 0 Å². The van der Waals surface area contributed by atoms with Gasteiger partial charge in [-0.3, -0.25) is 0 Å². The van der Waals surface area contributed by atoms with Gasteiger partial charge in [0.2, 0.25) is 0 Å². The minimum Gasteiger partial charge on any atom is -0.381 e. The fourth-order valence-corrected chi connectivity index (χ4v) is 5.16. The van der Waals surface area contributed by atoms with E-state index in [1.54, 1.807) is 0 Å². The van der Waals surface area contributed by atoms with Crippen LogP contribution in [0.2, 0.25) is 0 Å². The van der Waals surface area contributed by atoms with Crippen LogP contribution in [0.25, 0.3) is 0 Å². The number of hydrogen-bond donors (Lipinski definition) is 0. The van der Waals surface area contributed by atoms with Crippen molar-refractivity contribution in [2.75, 3.05) is 23.9 Å². The molecule has 0 aromatic carbocycles. The number of ether oxygens (including phenoxy) is 1. The average Bonchev–Trinajstić information content (AvgIpc) is 2.89. The van der Waals surface area contributed by atoms with Gasteiger partial charge < -0.3 is 4.74 Å². The van der Waals surface area contributed by atoms with Crippen molar-refractivity contribution >= 4 is 31.9 Å². The lowest BCUT2D eigenvalue weighted by molar-refractivity contribution is 0.0853. The van der Waals surface area contributed by atoms with E-state index in [1.165, 1.54) is 44.9 Å². The maximum absolute atomic E-state index is 5.75. The summed E-state index contributed by atoms with van der Waals surface area (Å²) in [7, 11) is 0. The zero-order chi connectivity index (χ0) is 12.6. The summed E-state index contributed by atoms with van der Waals surface area (Å²) in [4.78, 5) is 0. The van der Waals surface area contributed by atoms with Crippen LogP contribution in [0.3, 0.4) is 0 Å². The van der Waals surface area contributed by atoms with Gasteiger partial charge in [-0.2, -0.15) is 0 Å². The van der Waals surface area contributed by atoms with Crippen molar-refractivity contribution in [3.05, 3.63) is 0 Å². The maximum Gasteiger partial charge on any atom is 0.0472 e. The third-order valence-corrected chi connectivity index (χ3v) is 6.37. The Kier molecular flexibility index (Phi) is 8.39. The molecular formula is C14H26Br2O. The molecule has 1 aliphatic rings. The van der Waals surface area contributed by atoms with Crippen LogP contribution in [-0.4, -0.2) is 23.9 Å². The van der Waals surface area contributed by atoms with Crippen LogP contribution in [0, 0.1) is 11.3 Å².